The number of carboxylic acids is 1. The number of hydrogen-bond donors (Lipinski definition) is 1. The van der Waals surface area contributed by atoms with Gasteiger partial charge in [-0.2, -0.15) is 13.2 Å². The van der Waals surface area contributed by atoms with Gasteiger partial charge in [0.15, 0.2) is 0 Å². The Kier molecular flexibility index (Phi) is 7.01. The molecule has 0 aliphatic carbocycles. The third-order valence-electron chi connectivity index (χ3n) is 5.09. The predicted octanol–water partition coefficient (Wildman–Crippen LogP) is 3.46. The molecule has 32 heavy (non-hydrogen) atoms. The SMILES string of the molecule is CCc1ncnc2c1CCN(C(=O)c1ccc3ncccc3c1)CC2.O=C(O)C(F)(F)F. The highest BCUT2D eigenvalue weighted by Crippen LogP contribution is 2.20. The molecule has 10 heteroatoms. The number of carbonyl (C=O) groups is 2. The van der Waals surface area contributed by atoms with E-state index in [2.05, 4.69) is 21.9 Å². The van der Waals surface area contributed by atoms with Crippen LogP contribution in [0.2, 0.25) is 0 Å². The van der Waals surface area contributed by atoms with Crippen molar-refractivity contribution in [2.75, 3.05) is 13.1 Å². The summed E-state index contributed by atoms with van der Waals surface area (Å²) in [4.78, 5) is 36.9. The van der Waals surface area contributed by atoms with Gasteiger partial charge in [0.1, 0.15) is 6.33 Å². The molecule has 3 heterocycles. The monoisotopic (exact) mass is 446 g/mol. The van der Waals surface area contributed by atoms with Gasteiger partial charge in [-0.05, 0) is 42.7 Å². The maximum absolute atomic E-state index is 13.0. The molecule has 0 atom stereocenters. The van der Waals surface area contributed by atoms with E-state index < -0.39 is 12.1 Å². The highest BCUT2D eigenvalue weighted by Gasteiger charge is 2.38. The average molecular weight is 446 g/mol. The van der Waals surface area contributed by atoms with Gasteiger partial charge in [-0.1, -0.05) is 13.0 Å². The number of aryl methyl sites for hydroxylation is 1. The molecule has 0 radical (unpaired) electrons. The molecular formula is C22H21F3N4O3. The van der Waals surface area contributed by atoms with Crippen molar-refractivity contribution in [3.05, 3.63) is 65.4 Å². The largest absolute Gasteiger partial charge is 0.490 e. The lowest BCUT2D eigenvalue weighted by molar-refractivity contribution is -0.192. The lowest BCUT2D eigenvalue weighted by atomic mass is 10.1. The van der Waals surface area contributed by atoms with Gasteiger partial charge in [0.2, 0.25) is 0 Å². The number of halogens is 3. The predicted molar refractivity (Wildman–Crippen MR) is 110 cm³/mol. The summed E-state index contributed by atoms with van der Waals surface area (Å²) in [6.45, 7) is 3.51. The van der Waals surface area contributed by atoms with E-state index in [9.17, 15) is 18.0 Å². The summed E-state index contributed by atoms with van der Waals surface area (Å²) in [5.41, 5.74) is 5.04. The lowest BCUT2D eigenvalue weighted by Gasteiger charge is -2.20. The first-order valence-corrected chi connectivity index (χ1v) is 9.96. The van der Waals surface area contributed by atoms with Gasteiger partial charge in [0.05, 0.1) is 5.52 Å². The van der Waals surface area contributed by atoms with Crippen LogP contribution in [0.3, 0.4) is 0 Å². The van der Waals surface area contributed by atoms with Gasteiger partial charge in [0.25, 0.3) is 5.91 Å². The summed E-state index contributed by atoms with van der Waals surface area (Å²) in [5.74, 6) is -2.68. The summed E-state index contributed by atoms with van der Waals surface area (Å²) in [5, 5.41) is 8.12. The van der Waals surface area contributed by atoms with Crippen LogP contribution in [0.4, 0.5) is 13.2 Å². The van der Waals surface area contributed by atoms with Crippen molar-refractivity contribution >= 4 is 22.8 Å². The Bertz CT molecular complexity index is 1130. The number of pyridine rings is 1. The van der Waals surface area contributed by atoms with Crippen LogP contribution in [0.1, 0.15) is 34.2 Å². The number of carbonyl (C=O) groups excluding carboxylic acids is 1. The minimum Gasteiger partial charge on any atom is -0.475 e. The summed E-state index contributed by atoms with van der Waals surface area (Å²) in [6, 6.07) is 9.59. The molecule has 0 saturated carbocycles. The average Bonchev–Trinajstić information content (AvgIpc) is 3.00. The van der Waals surface area contributed by atoms with E-state index >= 15 is 0 Å². The maximum Gasteiger partial charge on any atom is 0.490 e. The van der Waals surface area contributed by atoms with E-state index in [1.54, 1.807) is 12.5 Å². The van der Waals surface area contributed by atoms with Gasteiger partial charge in [-0.25, -0.2) is 14.8 Å². The van der Waals surface area contributed by atoms with Crippen molar-refractivity contribution in [1.82, 2.24) is 19.9 Å². The Balaban J connectivity index is 0.000000360. The standard InChI is InChI=1S/C20H20N4O.C2HF3O2/c1-2-17-16-7-10-24(11-8-19(16)23-13-22-17)20(25)15-5-6-18-14(12-15)4-3-9-21-18;3-2(4,5)1(6)7/h3-6,9,12-13H,2,7-8,10-11H2,1H3;(H,6,7). The molecule has 168 valence electrons. The van der Waals surface area contributed by atoms with Crippen LogP contribution in [0, 0.1) is 0 Å². The summed E-state index contributed by atoms with van der Waals surface area (Å²) in [6.07, 6.45) is 0.829. The molecule has 0 saturated heterocycles. The van der Waals surface area contributed by atoms with Gasteiger partial charge < -0.3 is 10.0 Å². The smallest absolute Gasteiger partial charge is 0.475 e. The van der Waals surface area contributed by atoms with Crippen molar-refractivity contribution in [3.8, 4) is 0 Å². The summed E-state index contributed by atoms with van der Waals surface area (Å²) < 4.78 is 31.7. The molecule has 1 N–H and O–H groups in total. The van der Waals surface area contributed by atoms with E-state index in [1.165, 1.54) is 5.56 Å². The zero-order valence-electron chi connectivity index (χ0n) is 17.3. The minimum atomic E-state index is -5.08. The molecule has 0 spiro atoms. The number of carboxylic acid groups (broad SMARTS) is 1. The number of amides is 1. The number of fused-ring (bicyclic) bond motifs is 2. The van der Waals surface area contributed by atoms with Crippen LogP contribution >= 0.6 is 0 Å². The summed E-state index contributed by atoms with van der Waals surface area (Å²) in [7, 11) is 0. The first-order valence-electron chi connectivity index (χ1n) is 9.96. The van der Waals surface area contributed by atoms with Crippen LogP contribution in [-0.4, -0.2) is 56.1 Å². The fraction of sp³-hybridized carbons (Fsp3) is 0.318. The Labute approximate surface area is 181 Å². The number of rotatable bonds is 2. The molecule has 0 unspecified atom stereocenters. The third kappa shape index (κ3) is 5.37. The Morgan fingerprint density at radius 2 is 1.81 bits per heavy atom. The molecular weight excluding hydrogens is 425 g/mol. The van der Waals surface area contributed by atoms with Crippen molar-refractivity contribution < 1.29 is 27.9 Å². The molecule has 7 nitrogen and oxygen atoms in total. The number of benzene rings is 1. The number of hydrogen-bond acceptors (Lipinski definition) is 5. The second kappa shape index (κ2) is 9.71. The third-order valence-corrected chi connectivity index (χ3v) is 5.09. The number of nitrogens with zero attached hydrogens (tertiary/aromatic N) is 4. The molecule has 0 fully saturated rings. The normalized spacial score (nSPS) is 13.6. The Morgan fingerprint density at radius 1 is 1.09 bits per heavy atom. The molecule has 1 aliphatic heterocycles. The summed E-state index contributed by atoms with van der Waals surface area (Å²) >= 11 is 0. The van der Waals surface area contributed by atoms with Gasteiger partial charge in [0, 0.05) is 48.0 Å². The first-order chi connectivity index (χ1) is 15.2. The van der Waals surface area contributed by atoms with E-state index in [1.807, 2.05) is 35.2 Å². The second-order valence-electron chi connectivity index (χ2n) is 7.11. The zero-order chi connectivity index (χ0) is 23.3. The molecule has 2 aromatic heterocycles. The second-order valence-corrected chi connectivity index (χ2v) is 7.11. The zero-order valence-corrected chi connectivity index (χ0v) is 17.3. The van der Waals surface area contributed by atoms with E-state index in [-0.39, 0.29) is 5.91 Å². The minimum absolute atomic E-state index is 0.0737. The lowest BCUT2D eigenvalue weighted by Crippen LogP contribution is -2.33. The first kappa shape index (κ1) is 23.1. The fourth-order valence-electron chi connectivity index (χ4n) is 3.49. The Morgan fingerprint density at radius 3 is 2.50 bits per heavy atom. The van der Waals surface area contributed by atoms with Crippen molar-refractivity contribution in [2.45, 2.75) is 32.4 Å². The van der Waals surface area contributed by atoms with E-state index in [4.69, 9.17) is 9.90 Å². The van der Waals surface area contributed by atoms with Crippen LogP contribution in [0.5, 0.6) is 0 Å². The van der Waals surface area contributed by atoms with Gasteiger partial charge >= 0.3 is 12.1 Å². The highest BCUT2D eigenvalue weighted by atomic mass is 19.4. The van der Waals surface area contributed by atoms with Crippen molar-refractivity contribution in [2.24, 2.45) is 0 Å². The van der Waals surface area contributed by atoms with Gasteiger partial charge in [-0.15, -0.1) is 0 Å². The maximum atomic E-state index is 13.0. The van der Waals surface area contributed by atoms with Crippen molar-refractivity contribution in [1.29, 1.82) is 0 Å². The number of aliphatic carboxylic acids is 1. The van der Waals surface area contributed by atoms with Crippen LogP contribution in [0.15, 0.2) is 42.9 Å². The van der Waals surface area contributed by atoms with E-state index in [0.717, 1.165) is 41.6 Å². The molecule has 4 rings (SSSR count). The molecule has 3 aromatic rings. The topological polar surface area (TPSA) is 96.3 Å². The Hall–Kier alpha value is -3.56. The highest BCUT2D eigenvalue weighted by molar-refractivity contribution is 5.98. The molecule has 1 amide bonds. The quantitative estimate of drug-likeness (QED) is 0.648. The number of alkyl halides is 3. The van der Waals surface area contributed by atoms with Crippen molar-refractivity contribution in [3.63, 3.8) is 0 Å². The number of aromatic nitrogens is 3. The fourth-order valence-corrected chi connectivity index (χ4v) is 3.49. The van der Waals surface area contributed by atoms with Crippen LogP contribution < -0.4 is 0 Å². The molecule has 1 aliphatic rings. The van der Waals surface area contributed by atoms with Gasteiger partial charge in [-0.3, -0.25) is 9.78 Å². The van der Waals surface area contributed by atoms with Crippen LogP contribution in [0.25, 0.3) is 10.9 Å². The molecule has 1 aromatic carbocycles. The van der Waals surface area contributed by atoms with Crippen LogP contribution in [-0.2, 0) is 24.1 Å². The van der Waals surface area contributed by atoms with E-state index in [0.29, 0.717) is 18.7 Å². The molecule has 0 bridgehead atoms.